The maximum Gasteiger partial charge on any atom is 0.261 e. The topological polar surface area (TPSA) is 38.3 Å². The number of nitrogens with one attached hydrogen (secondary N) is 1. The van der Waals surface area contributed by atoms with Crippen molar-refractivity contribution >= 4 is 5.91 Å². The van der Waals surface area contributed by atoms with Gasteiger partial charge in [0.05, 0.1) is 0 Å². The van der Waals surface area contributed by atoms with Gasteiger partial charge in [-0.05, 0) is 37.8 Å². The third-order valence-electron chi connectivity index (χ3n) is 3.36. The lowest BCUT2D eigenvalue weighted by atomic mass is 10.1. The van der Waals surface area contributed by atoms with Crippen molar-refractivity contribution in [1.82, 2.24) is 5.32 Å². The van der Waals surface area contributed by atoms with E-state index in [2.05, 4.69) is 19.2 Å². The molecule has 106 valence electrons. The summed E-state index contributed by atoms with van der Waals surface area (Å²) in [5, 5.41) is 3.04. The van der Waals surface area contributed by atoms with Gasteiger partial charge < -0.3 is 10.1 Å². The van der Waals surface area contributed by atoms with E-state index < -0.39 is 6.10 Å². The van der Waals surface area contributed by atoms with Crippen LogP contribution in [0.25, 0.3) is 0 Å². The largest absolute Gasteiger partial charge is 0.480 e. The van der Waals surface area contributed by atoms with Gasteiger partial charge in [0, 0.05) is 6.04 Å². The number of ether oxygens (including phenoxy) is 1. The second kappa shape index (κ2) is 7.82. The van der Waals surface area contributed by atoms with Crippen molar-refractivity contribution in [3.05, 3.63) is 29.8 Å². The van der Waals surface area contributed by atoms with Gasteiger partial charge in [-0.3, -0.25) is 4.79 Å². The van der Waals surface area contributed by atoms with Gasteiger partial charge in [0.2, 0.25) is 0 Å². The Morgan fingerprint density at radius 2 is 1.79 bits per heavy atom. The fourth-order valence-corrected chi connectivity index (χ4v) is 1.95. The summed E-state index contributed by atoms with van der Waals surface area (Å²) in [5.74, 6) is 0.772. The number of carbonyl (C=O) groups excluding carboxylic acids is 1. The van der Waals surface area contributed by atoms with Crippen LogP contribution in [0.1, 0.15) is 45.6 Å². The second-order valence-corrected chi connectivity index (χ2v) is 4.80. The van der Waals surface area contributed by atoms with Crippen LogP contribution in [0.15, 0.2) is 24.3 Å². The third-order valence-corrected chi connectivity index (χ3v) is 3.36. The van der Waals surface area contributed by atoms with E-state index in [-0.39, 0.29) is 11.9 Å². The minimum absolute atomic E-state index is 0.0144. The van der Waals surface area contributed by atoms with Gasteiger partial charge in [-0.25, -0.2) is 0 Å². The summed E-state index contributed by atoms with van der Waals surface area (Å²) in [6.07, 6.45) is 2.15. The molecule has 1 aromatic rings. The van der Waals surface area contributed by atoms with Gasteiger partial charge in [-0.1, -0.05) is 39.0 Å². The number of rotatable bonds is 7. The van der Waals surface area contributed by atoms with Gasteiger partial charge in [0.25, 0.3) is 5.91 Å². The monoisotopic (exact) mass is 263 g/mol. The summed E-state index contributed by atoms with van der Waals surface area (Å²) in [5.41, 5.74) is 1.05. The van der Waals surface area contributed by atoms with Crippen LogP contribution in [0.3, 0.4) is 0 Å². The van der Waals surface area contributed by atoms with E-state index in [0.29, 0.717) is 6.42 Å². The Morgan fingerprint density at radius 3 is 2.32 bits per heavy atom. The van der Waals surface area contributed by atoms with E-state index in [0.717, 1.165) is 24.2 Å². The van der Waals surface area contributed by atoms with Crippen LogP contribution < -0.4 is 10.1 Å². The quantitative estimate of drug-likeness (QED) is 0.818. The van der Waals surface area contributed by atoms with Crippen LogP contribution in [0.4, 0.5) is 0 Å². The summed E-state index contributed by atoms with van der Waals surface area (Å²) in [6, 6.07) is 8.02. The highest BCUT2D eigenvalue weighted by Crippen LogP contribution is 2.19. The summed E-state index contributed by atoms with van der Waals surface area (Å²) in [4.78, 5) is 12.2. The Bertz CT molecular complexity index is 399. The lowest BCUT2D eigenvalue weighted by Gasteiger charge is -2.21. The SMILES string of the molecule is CCC(CC)NC(=O)C(CC)Oc1ccccc1C. The molecule has 0 radical (unpaired) electrons. The molecule has 19 heavy (non-hydrogen) atoms. The van der Waals surface area contributed by atoms with E-state index in [1.165, 1.54) is 0 Å². The predicted octanol–water partition coefficient (Wildman–Crippen LogP) is 3.46. The number of amides is 1. The van der Waals surface area contributed by atoms with Gasteiger partial charge in [0.15, 0.2) is 6.10 Å². The minimum atomic E-state index is -0.415. The van der Waals surface area contributed by atoms with Crippen LogP contribution in [0.5, 0.6) is 5.75 Å². The van der Waals surface area contributed by atoms with Crippen molar-refractivity contribution in [2.45, 2.75) is 59.1 Å². The molecule has 0 fully saturated rings. The molecule has 0 aromatic heterocycles. The standard InChI is InChI=1S/C16H25NO2/c1-5-13(6-2)17-16(18)14(7-3)19-15-11-9-8-10-12(15)4/h8-11,13-14H,5-7H2,1-4H3,(H,17,18). The van der Waals surface area contributed by atoms with E-state index >= 15 is 0 Å². The van der Waals surface area contributed by atoms with Crippen LogP contribution in [0, 0.1) is 6.92 Å². The molecule has 1 N–H and O–H groups in total. The third kappa shape index (κ3) is 4.58. The van der Waals surface area contributed by atoms with Crippen LogP contribution in [-0.4, -0.2) is 18.1 Å². The first-order chi connectivity index (χ1) is 9.12. The predicted molar refractivity (Wildman–Crippen MR) is 78.4 cm³/mol. The Balaban J connectivity index is 2.68. The lowest BCUT2D eigenvalue weighted by molar-refractivity contribution is -0.128. The average molecular weight is 263 g/mol. The molecule has 1 rings (SSSR count). The van der Waals surface area contributed by atoms with Gasteiger partial charge in [-0.15, -0.1) is 0 Å². The minimum Gasteiger partial charge on any atom is -0.480 e. The van der Waals surface area contributed by atoms with Crippen LogP contribution in [-0.2, 0) is 4.79 Å². The van der Waals surface area contributed by atoms with E-state index in [4.69, 9.17) is 4.74 Å². The molecule has 0 spiro atoms. The summed E-state index contributed by atoms with van der Waals surface area (Å²) in [7, 11) is 0. The number of hydrogen-bond donors (Lipinski definition) is 1. The molecular formula is C16H25NO2. The molecule has 3 nitrogen and oxygen atoms in total. The average Bonchev–Trinajstić information content (AvgIpc) is 2.43. The molecule has 0 aliphatic carbocycles. The molecular weight excluding hydrogens is 238 g/mol. The van der Waals surface area contributed by atoms with Gasteiger partial charge in [0.1, 0.15) is 5.75 Å². The van der Waals surface area contributed by atoms with Crippen LogP contribution in [0.2, 0.25) is 0 Å². The molecule has 0 aliphatic heterocycles. The van der Waals surface area contributed by atoms with Crippen LogP contribution >= 0.6 is 0 Å². The van der Waals surface area contributed by atoms with Crippen molar-refractivity contribution in [3.63, 3.8) is 0 Å². The number of benzene rings is 1. The molecule has 1 aromatic carbocycles. The molecule has 0 saturated carbocycles. The van der Waals surface area contributed by atoms with Crippen molar-refractivity contribution in [3.8, 4) is 5.75 Å². The molecule has 1 atom stereocenters. The normalized spacial score (nSPS) is 12.3. The second-order valence-electron chi connectivity index (χ2n) is 4.80. The Kier molecular flexibility index (Phi) is 6.40. The number of carbonyl (C=O) groups is 1. The van der Waals surface area contributed by atoms with Crippen molar-refractivity contribution in [2.24, 2.45) is 0 Å². The zero-order valence-corrected chi connectivity index (χ0v) is 12.4. The molecule has 0 bridgehead atoms. The molecule has 0 heterocycles. The number of para-hydroxylation sites is 1. The smallest absolute Gasteiger partial charge is 0.261 e. The summed E-state index contributed by atoms with van der Waals surface area (Å²) < 4.78 is 5.83. The maximum absolute atomic E-state index is 12.2. The van der Waals surface area contributed by atoms with E-state index in [1.807, 2.05) is 38.1 Å². The first kappa shape index (κ1) is 15.5. The zero-order chi connectivity index (χ0) is 14.3. The molecule has 1 unspecified atom stereocenters. The Labute approximate surface area is 116 Å². The summed E-state index contributed by atoms with van der Waals surface area (Å²) >= 11 is 0. The Morgan fingerprint density at radius 1 is 1.16 bits per heavy atom. The number of hydrogen-bond acceptors (Lipinski definition) is 2. The first-order valence-electron chi connectivity index (χ1n) is 7.14. The zero-order valence-electron chi connectivity index (χ0n) is 12.4. The lowest BCUT2D eigenvalue weighted by Crippen LogP contribution is -2.43. The van der Waals surface area contributed by atoms with Crippen molar-refractivity contribution < 1.29 is 9.53 Å². The van der Waals surface area contributed by atoms with E-state index in [1.54, 1.807) is 0 Å². The molecule has 1 amide bonds. The van der Waals surface area contributed by atoms with Crippen molar-refractivity contribution in [2.75, 3.05) is 0 Å². The fourth-order valence-electron chi connectivity index (χ4n) is 1.95. The highest BCUT2D eigenvalue weighted by Gasteiger charge is 2.20. The Hall–Kier alpha value is -1.51. The highest BCUT2D eigenvalue weighted by molar-refractivity contribution is 5.81. The fraction of sp³-hybridized carbons (Fsp3) is 0.562. The molecule has 0 aliphatic rings. The number of aryl methyl sites for hydroxylation is 1. The van der Waals surface area contributed by atoms with E-state index in [9.17, 15) is 4.79 Å². The van der Waals surface area contributed by atoms with Crippen molar-refractivity contribution in [1.29, 1.82) is 0 Å². The molecule has 0 saturated heterocycles. The highest BCUT2D eigenvalue weighted by atomic mass is 16.5. The van der Waals surface area contributed by atoms with Gasteiger partial charge >= 0.3 is 0 Å². The maximum atomic E-state index is 12.2. The molecule has 3 heteroatoms. The summed E-state index contributed by atoms with van der Waals surface area (Å²) in [6.45, 7) is 8.12. The first-order valence-corrected chi connectivity index (χ1v) is 7.14. The van der Waals surface area contributed by atoms with Gasteiger partial charge in [-0.2, -0.15) is 0 Å².